The van der Waals surface area contributed by atoms with Crippen LogP contribution in [0.2, 0.25) is 0 Å². The molecule has 3 aromatic rings. The molecular formula is C23H30N6O2. The summed E-state index contributed by atoms with van der Waals surface area (Å²) in [6.45, 7) is 3.82. The van der Waals surface area contributed by atoms with Crippen LogP contribution in [0.4, 0.5) is 0 Å². The van der Waals surface area contributed by atoms with Crippen LogP contribution in [-0.2, 0) is 13.6 Å². The average Bonchev–Trinajstić information content (AvgIpc) is 3.46. The Balaban J connectivity index is 1.43. The van der Waals surface area contributed by atoms with Crippen molar-refractivity contribution in [2.24, 2.45) is 13.0 Å². The van der Waals surface area contributed by atoms with E-state index in [0.29, 0.717) is 24.7 Å². The predicted molar refractivity (Wildman–Crippen MR) is 118 cm³/mol. The SMILES string of the molecule is Cc1cc(C(=O)N2CC[C@@H](n3c(=O)n(CC4CCCCC4)c4cccnc43)C2)nn1C. The molecule has 5 rings (SSSR count). The second-order valence-corrected chi connectivity index (χ2v) is 9.10. The molecule has 164 valence electrons. The Morgan fingerprint density at radius 3 is 2.74 bits per heavy atom. The van der Waals surface area contributed by atoms with Crippen molar-refractivity contribution in [3.8, 4) is 0 Å². The standard InChI is InChI=1S/C23H30N6O2/c1-16-13-19(25-26(16)2)22(30)27-12-10-18(15-27)29-21-20(9-6-11-24-21)28(23(29)31)14-17-7-4-3-5-8-17/h6,9,11,13,17-18H,3-5,7-8,10,12,14-15H2,1-2H3/t18-/m1/s1. The number of hydrogen-bond acceptors (Lipinski definition) is 4. The zero-order valence-corrected chi connectivity index (χ0v) is 18.3. The predicted octanol–water partition coefficient (Wildman–Crippen LogP) is 2.91. The summed E-state index contributed by atoms with van der Waals surface area (Å²) in [7, 11) is 1.84. The first-order chi connectivity index (χ1) is 15.0. The van der Waals surface area contributed by atoms with Gasteiger partial charge in [-0.25, -0.2) is 9.78 Å². The molecule has 1 amide bonds. The van der Waals surface area contributed by atoms with Crippen molar-refractivity contribution in [2.75, 3.05) is 13.1 Å². The van der Waals surface area contributed by atoms with Crippen LogP contribution in [0.15, 0.2) is 29.2 Å². The second kappa shape index (κ2) is 7.98. The van der Waals surface area contributed by atoms with Gasteiger partial charge in [-0.3, -0.25) is 18.6 Å². The fraction of sp³-hybridized carbons (Fsp3) is 0.565. The summed E-state index contributed by atoms with van der Waals surface area (Å²) in [6, 6.07) is 5.65. The zero-order chi connectivity index (χ0) is 21.5. The largest absolute Gasteiger partial charge is 0.335 e. The van der Waals surface area contributed by atoms with Crippen molar-refractivity contribution in [2.45, 2.75) is 58.0 Å². The first kappa shape index (κ1) is 20.0. The number of likely N-dealkylation sites (tertiary alicyclic amines) is 1. The van der Waals surface area contributed by atoms with Crippen LogP contribution < -0.4 is 5.69 Å². The van der Waals surface area contributed by atoms with Gasteiger partial charge in [-0.15, -0.1) is 0 Å². The van der Waals surface area contributed by atoms with Gasteiger partial charge in [-0.1, -0.05) is 19.3 Å². The molecule has 0 unspecified atom stereocenters. The molecule has 0 bridgehead atoms. The monoisotopic (exact) mass is 422 g/mol. The Bertz CT molecular complexity index is 1150. The summed E-state index contributed by atoms with van der Waals surface area (Å²) in [5, 5.41) is 4.33. The second-order valence-electron chi connectivity index (χ2n) is 9.10. The lowest BCUT2D eigenvalue weighted by molar-refractivity contribution is 0.0781. The third-order valence-corrected chi connectivity index (χ3v) is 7.04. The molecule has 0 radical (unpaired) electrons. The molecule has 4 heterocycles. The molecule has 8 nitrogen and oxygen atoms in total. The number of aryl methyl sites for hydroxylation is 2. The van der Waals surface area contributed by atoms with Crippen molar-refractivity contribution in [1.29, 1.82) is 0 Å². The minimum atomic E-state index is -0.0712. The highest BCUT2D eigenvalue weighted by Crippen LogP contribution is 2.28. The molecule has 31 heavy (non-hydrogen) atoms. The van der Waals surface area contributed by atoms with Gasteiger partial charge in [0.1, 0.15) is 0 Å². The summed E-state index contributed by atoms with van der Waals surface area (Å²) in [4.78, 5) is 32.8. The number of nitrogens with zero attached hydrogens (tertiary/aromatic N) is 6. The molecular weight excluding hydrogens is 392 g/mol. The van der Waals surface area contributed by atoms with E-state index >= 15 is 0 Å². The highest BCUT2D eigenvalue weighted by atomic mass is 16.2. The number of amides is 1. The molecule has 1 atom stereocenters. The smallest absolute Gasteiger partial charge is 0.330 e. The maximum Gasteiger partial charge on any atom is 0.330 e. The molecule has 1 aliphatic heterocycles. The molecule has 1 saturated heterocycles. The Morgan fingerprint density at radius 2 is 2.00 bits per heavy atom. The number of pyridine rings is 1. The Morgan fingerprint density at radius 1 is 1.19 bits per heavy atom. The quantitative estimate of drug-likeness (QED) is 0.648. The summed E-state index contributed by atoms with van der Waals surface area (Å²) in [5.41, 5.74) is 3.06. The summed E-state index contributed by atoms with van der Waals surface area (Å²) < 4.78 is 5.47. The molecule has 3 aromatic heterocycles. The Kier molecular flexibility index (Phi) is 5.16. The first-order valence-electron chi connectivity index (χ1n) is 11.4. The highest BCUT2D eigenvalue weighted by molar-refractivity contribution is 5.92. The van der Waals surface area contributed by atoms with Crippen LogP contribution in [-0.4, -0.2) is 47.8 Å². The maximum absolute atomic E-state index is 13.5. The molecule has 0 spiro atoms. The van der Waals surface area contributed by atoms with Gasteiger partial charge in [0.15, 0.2) is 11.3 Å². The van der Waals surface area contributed by atoms with E-state index in [1.165, 1.54) is 32.1 Å². The normalized spacial score (nSPS) is 20.1. The van der Waals surface area contributed by atoms with Gasteiger partial charge in [0.25, 0.3) is 5.91 Å². The number of imidazole rings is 1. The van der Waals surface area contributed by atoms with Crippen LogP contribution in [0.1, 0.15) is 60.7 Å². The lowest BCUT2D eigenvalue weighted by Crippen LogP contribution is -2.33. The number of carbonyl (C=O) groups is 1. The van der Waals surface area contributed by atoms with Crippen LogP contribution in [0.25, 0.3) is 11.2 Å². The van der Waals surface area contributed by atoms with Crippen LogP contribution in [0.3, 0.4) is 0 Å². The molecule has 1 saturated carbocycles. The molecule has 2 fully saturated rings. The van der Waals surface area contributed by atoms with Crippen LogP contribution >= 0.6 is 0 Å². The van der Waals surface area contributed by atoms with E-state index in [9.17, 15) is 9.59 Å². The Labute approximate surface area is 181 Å². The van der Waals surface area contributed by atoms with E-state index < -0.39 is 0 Å². The fourth-order valence-electron chi connectivity index (χ4n) is 5.21. The van der Waals surface area contributed by atoms with Gasteiger partial charge in [0.2, 0.25) is 0 Å². The Hall–Kier alpha value is -2.90. The number of aromatic nitrogens is 5. The lowest BCUT2D eigenvalue weighted by Gasteiger charge is -2.21. The van der Waals surface area contributed by atoms with Gasteiger partial charge in [-0.05, 0) is 50.3 Å². The topological polar surface area (TPSA) is 78.0 Å². The molecule has 0 N–H and O–H groups in total. The number of carbonyl (C=O) groups excluding carboxylic acids is 1. The van der Waals surface area contributed by atoms with Gasteiger partial charge in [-0.2, -0.15) is 5.10 Å². The third kappa shape index (κ3) is 3.58. The summed E-state index contributed by atoms with van der Waals surface area (Å²) in [6.07, 6.45) is 8.68. The summed E-state index contributed by atoms with van der Waals surface area (Å²) in [5.74, 6) is 0.484. The van der Waals surface area contributed by atoms with E-state index in [0.717, 1.165) is 29.8 Å². The number of fused-ring (bicyclic) bond motifs is 1. The molecule has 8 heteroatoms. The van der Waals surface area contributed by atoms with Crippen LogP contribution in [0.5, 0.6) is 0 Å². The van der Waals surface area contributed by atoms with Gasteiger partial charge in [0, 0.05) is 38.6 Å². The first-order valence-corrected chi connectivity index (χ1v) is 11.4. The zero-order valence-electron chi connectivity index (χ0n) is 18.3. The molecule has 0 aromatic carbocycles. The minimum absolute atomic E-state index is 0.00672. The highest BCUT2D eigenvalue weighted by Gasteiger charge is 2.32. The van der Waals surface area contributed by atoms with E-state index in [4.69, 9.17) is 0 Å². The minimum Gasteiger partial charge on any atom is -0.335 e. The van der Waals surface area contributed by atoms with Gasteiger partial charge < -0.3 is 4.90 Å². The van der Waals surface area contributed by atoms with Gasteiger partial charge in [0.05, 0.1) is 11.6 Å². The molecule has 2 aliphatic rings. The third-order valence-electron chi connectivity index (χ3n) is 7.04. The van der Waals surface area contributed by atoms with Crippen molar-refractivity contribution in [1.82, 2.24) is 28.8 Å². The van der Waals surface area contributed by atoms with Crippen molar-refractivity contribution in [3.05, 3.63) is 46.3 Å². The van der Waals surface area contributed by atoms with E-state index in [2.05, 4.69) is 10.1 Å². The molecule has 1 aliphatic carbocycles. The average molecular weight is 423 g/mol. The van der Waals surface area contributed by atoms with Gasteiger partial charge >= 0.3 is 5.69 Å². The maximum atomic E-state index is 13.5. The van der Waals surface area contributed by atoms with Crippen molar-refractivity contribution >= 4 is 17.1 Å². The lowest BCUT2D eigenvalue weighted by atomic mass is 9.89. The van der Waals surface area contributed by atoms with Crippen molar-refractivity contribution in [3.63, 3.8) is 0 Å². The summed E-state index contributed by atoms with van der Waals surface area (Å²) >= 11 is 0. The fourth-order valence-corrected chi connectivity index (χ4v) is 5.21. The van der Waals surface area contributed by atoms with Crippen LogP contribution in [0, 0.1) is 12.8 Å². The van der Waals surface area contributed by atoms with E-state index in [1.807, 2.05) is 46.2 Å². The van der Waals surface area contributed by atoms with Crippen molar-refractivity contribution < 1.29 is 4.79 Å². The van der Waals surface area contributed by atoms with E-state index in [-0.39, 0.29) is 17.6 Å². The number of hydrogen-bond donors (Lipinski definition) is 0. The van der Waals surface area contributed by atoms with E-state index in [1.54, 1.807) is 10.9 Å². The number of rotatable bonds is 4.